The van der Waals surface area contributed by atoms with Crippen LogP contribution in [0.1, 0.15) is 23.2 Å². The molecular formula is C18H18FN5O3S. The highest BCUT2D eigenvalue weighted by atomic mass is 32.2. The predicted octanol–water partition coefficient (Wildman–Crippen LogP) is 1.36. The Balaban J connectivity index is 1.55. The van der Waals surface area contributed by atoms with Crippen LogP contribution >= 0.6 is 0 Å². The zero-order valence-electron chi connectivity index (χ0n) is 14.9. The average molecular weight is 403 g/mol. The third-order valence-corrected chi connectivity index (χ3v) is 6.41. The van der Waals surface area contributed by atoms with Crippen molar-refractivity contribution in [2.75, 3.05) is 17.6 Å². The van der Waals surface area contributed by atoms with Gasteiger partial charge in [-0.2, -0.15) is 10.4 Å². The number of benzene rings is 1. The van der Waals surface area contributed by atoms with Gasteiger partial charge in [-0.15, -0.1) is 0 Å². The zero-order chi connectivity index (χ0) is 19.8. The van der Waals surface area contributed by atoms with Gasteiger partial charge < -0.3 is 15.3 Å². The molecule has 0 fully saturated rings. The molecule has 8 nitrogen and oxygen atoms in total. The molecule has 2 N–H and O–H groups in total. The van der Waals surface area contributed by atoms with Gasteiger partial charge in [-0.1, -0.05) is 0 Å². The molecule has 2 atom stereocenters. The van der Waals surface area contributed by atoms with Gasteiger partial charge in [-0.25, -0.2) is 9.18 Å². The molecule has 2 aliphatic heterocycles. The van der Waals surface area contributed by atoms with Crippen molar-refractivity contribution >= 4 is 22.5 Å². The van der Waals surface area contributed by atoms with Crippen molar-refractivity contribution in [1.82, 2.24) is 14.7 Å². The maximum atomic E-state index is 13.4. The first-order chi connectivity index (χ1) is 13.5. The van der Waals surface area contributed by atoms with Crippen LogP contribution in [0.5, 0.6) is 0 Å². The lowest BCUT2D eigenvalue weighted by atomic mass is 10.1. The molecule has 0 spiro atoms. The van der Waals surface area contributed by atoms with Gasteiger partial charge in [0.2, 0.25) is 0 Å². The Morgan fingerprint density at radius 1 is 1.46 bits per heavy atom. The van der Waals surface area contributed by atoms with Gasteiger partial charge in [0.25, 0.3) is 0 Å². The molecule has 3 heterocycles. The van der Waals surface area contributed by atoms with E-state index in [0.29, 0.717) is 42.4 Å². The van der Waals surface area contributed by atoms with Crippen molar-refractivity contribution in [3.05, 3.63) is 40.8 Å². The summed E-state index contributed by atoms with van der Waals surface area (Å²) in [6, 6.07) is 5.16. The van der Waals surface area contributed by atoms with Crippen LogP contribution in [0.3, 0.4) is 0 Å². The van der Waals surface area contributed by atoms with E-state index in [-0.39, 0.29) is 18.1 Å². The van der Waals surface area contributed by atoms with Gasteiger partial charge in [0.1, 0.15) is 16.9 Å². The minimum Gasteiger partial charge on any atom is -0.391 e. The molecule has 28 heavy (non-hydrogen) atoms. The number of carbonyl (C=O) groups is 1. The van der Waals surface area contributed by atoms with E-state index in [1.807, 2.05) is 0 Å². The third kappa shape index (κ3) is 3.39. The van der Waals surface area contributed by atoms with Crippen LogP contribution in [-0.4, -0.2) is 48.4 Å². The summed E-state index contributed by atoms with van der Waals surface area (Å²) in [5.74, 6) is -0.284. The molecule has 0 saturated heterocycles. The van der Waals surface area contributed by atoms with E-state index >= 15 is 0 Å². The van der Waals surface area contributed by atoms with Crippen LogP contribution in [0.25, 0.3) is 0 Å². The Morgan fingerprint density at radius 3 is 3.07 bits per heavy atom. The molecular weight excluding hydrogens is 385 g/mol. The minimum absolute atomic E-state index is 0.144. The van der Waals surface area contributed by atoms with E-state index in [4.69, 9.17) is 5.26 Å². The van der Waals surface area contributed by atoms with Gasteiger partial charge in [0.15, 0.2) is 0 Å². The van der Waals surface area contributed by atoms with E-state index in [0.717, 1.165) is 17.3 Å². The zero-order valence-corrected chi connectivity index (χ0v) is 15.7. The fourth-order valence-electron chi connectivity index (χ4n) is 3.48. The quantitative estimate of drug-likeness (QED) is 0.747. The maximum Gasteiger partial charge on any atom is 0.322 e. The first-order valence-corrected chi connectivity index (χ1v) is 10.2. The maximum absolute atomic E-state index is 13.4. The molecule has 1 aromatic carbocycles. The molecule has 4 rings (SSSR count). The number of hydrogen-bond donors (Lipinski definition) is 2. The number of carbonyl (C=O) groups excluding carboxylic acids is 1. The van der Waals surface area contributed by atoms with Crippen LogP contribution < -0.4 is 5.32 Å². The molecule has 0 bridgehead atoms. The van der Waals surface area contributed by atoms with E-state index in [1.54, 1.807) is 15.7 Å². The topological polar surface area (TPSA) is 111 Å². The Hall–Kier alpha value is -2.77. The number of nitriles is 1. The molecule has 10 heteroatoms. The molecule has 0 radical (unpaired) electrons. The van der Waals surface area contributed by atoms with Gasteiger partial charge in [0.05, 0.1) is 41.3 Å². The number of amides is 2. The van der Waals surface area contributed by atoms with Gasteiger partial charge in [-0.05, 0) is 24.6 Å². The highest BCUT2D eigenvalue weighted by Gasteiger charge is 2.32. The number of hydrogen-bond acceptors (Lipinski definition) is 5. The molecule has 146 valence electrons. The second-order valence-corrected chi connectivity index (χ2v) is 8.30. The number of nitrogens with zero attached hydrogens (tertiary/aromatic N) is 4. The molecule has 0 aliphatic carbocycles. The number of nitrogens with one attached hydrogen (secondary N) is 1. The Morgan fingerprint density at radius 2 is 2.29 bits per heavy atom. The third-order valence-electron chi connectivity index (χ3n) is 4.91. The molecule has 2 aromatic rings. The lowest BCUT2D eigenvalue weighted by Crippen LogP contribution is -2.39. The van der Waals surface area contributed by atoms with Crippen molar-refractivity contribution in [3.8, 4) is 6.07 Å². The van der Waals surface area contributed by atoms with Gasteiger partial charge >= 0.3 is 6.03 Å². The monoisotopic (exact) mass is 403 g/mol. The summed E-state index contributed by atoms with van der Waals surface area (Å²) < 4.78 is 27.7. The molecule has 2 unspecified atom stereocenters. The number of aliphatic hydroxyl groups is 1. The van der Waals surface area contributed by atoms with E-state index in [9.17, 15) is 18.5 Å². The summed E-state index contributed by atoms with van der Waals surface area (Å²) in [6.45, 7) is 0.980. The van der Waals surface area contributed by atoms with Crippen molar-refractivity contribution < 1.29 is 18.5 Å². The van der Waals surface area contributed by atoms with E-state index in [2.05, 4.69) is 10.4 Å². The fourth-order valence-corrected chi connectivity index (χ4v) is 4.96. The van der Waals surface area contributed by atoms with E-state index in [1.165, 1.54) is 12.1 Å². The molecule has 1 aromatic heterocycles. The number of urea groups is 1. The highest BCUT2D eigenvalue weighted by Crippen LogP contribution is 2.28. The summed E-state index contributed by atoms with van der Waals surface area (Å²) in [4.78, 5) is 14.2. The van der Waals surface area contributed by atoms with Crippen LogP contribution in [-0.2, 0) is 30.3 Å². The Kier molecular flexibility index (Phi) is 4.87. The second-order valence-electron chi connectivity index (χ2n) is 6.81. The van der Waals surface area contributed by atoms with Crippen LogP contribution in [0.15, 0.2) is 23.2 Å². The predicted molar refractivity (Wildman–Crippen MR) is 98.4 cm³/mol. The van der Waals surface area contributed by atoms with Crippen LogP contribution in [0, 0.1) is 17.1 Å². The minimum atomic E-state index is -1.28. The van der Waals surface area contributed by atoms with Crippen molar-refractivity contribution in [1.29, 1.82) is 5.26 Å². The van der Waals surface area contributed by atoms with Crippen molar-refractivity contribution in [2.24, 2.45) is 0 Å². The smallest absolute Gasteiger partial charge is 0.322 e. The second kappa shape index (κ2) is 7.33. The number of aromatic nitrogens is 2. The number of halogens is 1. The average Bonchev–Trinajstić information content (AvgIpc) is 2.97. The van der Waals surface area contributed by atoms with Crippen molar-refractivity contribution in [3.63, 3.8) is 0 Å². The SMILES string of the molecule is N#Cc1cc(NC(=O)N2CCc3nn4c(c3C2)S(=O)CCC(O)C4)ccc1F. The van der Waals surface area contributed by atoms with Gasteiger partial charge in [0, 0.05) is 30.0 Å². The number of fused-ring (bicyclic) bond motifs is 3. The first kappa shape index (κ1) is 18.6. The molecule has 2 amide bonds. The molecule has 2 aliphatic rings. The summed E-state index contributed by atoms with van der Waals surface area (Å²) in [6.07, 6.45) is 0.377. The first-order valence-electron chi connectivity index (χ1n) is 8.87. The normalized spacial score (nSPS) is 21.2. The van der Waals surface area contributed by atoms with E-state index < -0.39 is 22.7 Å². The Bertz CT molecular complexity index is 1020. The number of aliphatic hydroxyl groups excluding tert-OH is 1. The fraction of sp³-hybridized carbons (Fsp3) is 0.389. The molecule has 0 saturated carbocycles. The summed E-state index contributed by atoms with van der Waals surface area (Å²) >= 11 is 0. The summed E-state index contributed by atoms with van der Waals surface area (Å²) in [5.41, 5.74) is 1.75. The Labute approximate surface area is 163 Å². The highest BCUT2D eigenvalue weighted by molar-refractivity contribution is 7.85. The van der Waals surface area contributed by atoms with Crippen LogP contribution in [0.4, 0.5) is 14.9 Å². The summed E-state index contributed by atoms with van der Waals surface area (Å²) in [5, 5.41) is 26.6. The lowest BCUT2D eigenvalue weighted by molar-refractivity contribution is 0.145. The summed E-state index contributed by atoms with van der Waals surface area (Å²) in [7, 11) is -1.28. The van der Waals surface area contributed by atoms with Gasteiger partial charge in [-0.3, -0.25) is 8.89 Å². The van der Waals surface area contributed by atoms with Crippen molar-refractivity contribution in [2.45, 2.75) is 37.1 Å². The number of anilines is 1. The van der Waals surface area contributed by atoms with Crippen LogP contribution in [0.2, 0.25) is 0 Å². The largest absolute Gasteiger partial charge is 0.391 e. The lowest BCUT2D eigenvalue weighted by Gasteiger charge is -2.27. The number of rotatable bonds is 1. The standard InChI is InChI=1S/C18H18FN5O3S/c19-15-2-1-12(7-11(15)8-20)21-18(26)23-5-3-16-14(10-23)17-24(22-16)9-13(25)4-6-28(17)27/h1-2,7,13,25H,3-6,9-10H2,(H,21,26).